The highest BCUT2D eigenvalue weighted by molar-refractivity contribution is 7.14. The Labute approximate surface area is 90.0 Å². The molecule has 2 aromatic heterocycles. The van der Waals surface area contributed by atoms with Crippen LogP contribution in [-0.4, -0.2) is 15.4 Å². The number of aromatic nitrogens is 2. The van der Waals surface area contributed by atoms with Gasteiger partial charge in [-0.05, 0) is 24.3 Å². The molecule has 3 rings (SSSR count). The molecular weight excluding hydrogens is 214 g/mol. The summed E-state index contributed by atoms with van der Waals surface area (Å²) in [6, 6.07) is 4.72. The van der Waals surface area contributed by atoms with Crippen LogP contribution in [0.2, 0.25) is 0 Å². The lowest BCUT2D eigenvalue weighted by Gasteiger charge is -1.94. The Kier molecular flexibility index (Phi) is 1.99. The minimum absolute atomic E-state index is 0.652. The molecule has 1 saturated carbocycles. The van der Waals surface area contributed by atoms with E-state index in [1.165, 1.54) is 24.4 Å². The van der Waals surface area contributed by atoms with E-state index in [2.05, 4.69) is 14.7 Å². The molecule has 1 aliphatic rings. The first kappa shape index (κ1) is 8.38. The van der Waals surface area contributed by atoms with Gasteiger partial charge < -0.3 is 5.32 Å². The van der Waals surface area contributed by atoms with E-state index < -0.39 is 0 Å². The second-order valence-corrected chi connectivity index (χ2v) is 5.02. The van der Waals surface area contributed by atoms with Gasteiger partial charge in [-0.25, -0.2) is 0 Å². The fourth-order valence-corrected chi connectivity index (χ4v) is 2.56. The highest BCUT2D eigenvalue weighted by Gasteiger charge is 2.22. The molecule has 14 heavy (non-hydrogen) atoms. The van der Waals surface area contributed by atoms with Gasteiger partial charge in [-0.3, -0.25) is 0 Å². The second kappa shape index (κ2) is 3.33. The van der Waals surface area contributed by atoms with Crippen LogP contribution in [0.15, 0.2) is 17.5 Å². The molecule has 1 aliphatic carbocycles. The zero-order valence-electron chi connectivity index (χ0n) is 7.43. The molecule has 0 amide bonds. The molecule has 1 N–H and O–H groups in total. The normalized spacial score (nSPS) is 15.7. The van der Waals surface area contributed by atoms with Gasteiger partial charge >= 0.3 is 0 Å². The molecule has 0 aliphatic heterocycles. The van der Waals surface area contributed by atoms with Crippen molar-refractivity contribution in [2.24, 2.45) is 0 Å². The van der Waals surface area contributed by atoms with E-state index in [4.69, 9.17) is 0 Å². The molecule has 0 atom stereocenters. The van der Waals surface area contributed by atoms with E-state index in [9.17, 15) is 0 Å². The average Bonchev–Trinajstić information content (AvgIpc) is 2.71. The Morgan fingerprint density at radius 1 is 1.43 bits per heavy atom. The van der Waals surface area contributed by atoms with Crippen LogP contribution in [0.1, 0.15) is 12.8 Å². The Morgan fingerprint density at radius 3 is 3.07 bits per heavy atom. The lowest BCUT2D eigenvalue weighted by Crippen LogP contribution is -1.99. The van der Waals surface area contributed by atoms with Crippen LogP contribution in [0.25, 0.3) is 10.7 Å². The third-order valence-electron chi connectivity index (χ3n) is 2.07. The summed E-state index contributed by atoms with van der Waals surface area (Å²) in [7, 11) is 0. The molecule has 0 saturated heterocycles. The van der Waals surface area contributed by atoms with Gasteiger partial charge in [0, 0.05) is 17.6 Å². The van der Waals surface area contributed by atoms with Crippen LogP contribution in [0, 0.1) is 0 Å². The zero-order valence-corrected chi connectivity index (χ0v) is 9.07. The molecule has 2 heterocycles. The van der Waals surface area contributed by atoms with Gasteiger partial charge in [-0.1, -0.05) is 6.07 Å². The summed E-state index contributed by atoms with van der Waals surface area (Å²) in [5.74, 6) is 0.855. The number of hydrogen-bond donors (Lipinski definition) is 1. The monoisotopic (exact) mass is 223 g/mol. The number of thiophene rings is 1. The van der Waals surface area contributed by atoms with Gasteiger partial charge in [-0.2, -0.15) is 9.36 Å². The number of nitrogens with zero attached hydrogens (tertiary/aromatic N) is 2. The van der Waals surface area contributed by atoms with Crippen LogP contribution < -0.4 is 5.32 Å². The third-order valence-corrected chi connectivity index (χ3v) is 3.58. The number of hydrogen-bond acceptors (Lipinski definition) is 5. The van der Waals surface area contributed by atoms with E-state index in [1.54, 1.807) is 11.3 Å². The summed E-state index contributed by atoms with van der Waals surface area (Å²) in [5.41, 5.74) is 0. The van der Waals surface area contributed by atoms with Gasteiger partial charge in [0.15, 0.2) is 5.82 Å². The average molecular weight is 223 g/mol. The van der Waals surface area contributed by atoms with E-state index in [0.29, 0.717) is 6.04 Å². The van der Waals surface area contributed by atoms with Gasteiger partial charge in [0.25, 0.3) is 0 Å². The highest BCUT2D eigenvalue weighted by atomic mass is 32.1. The van der Waals surface area contributed by atoms with Crippen molar-refractivity contribution in [2.75, 3.05) is 5.32 Å². The SMILES string of the molecule is c1csc(-c2nsc(NC3CC3)n2)c1. The molecule has 72 valence electrons. The summed E-state index contributed by atoms with van der Waals surface area (Å²) < 4.78 is 4.32. The standard InChI is InChI=1S/C9H9N3S2/c1-2-7(13-5-1)8-11-9(14-12-8)10-6-3-4-6/h1-2,5-6H,3-4H2,(H,10,11,12). The van der Waals surface area contributed by atoms with Crippen molar-refractivity contribution in [3.05, 3.63) is 17.5 Å². The van der Waals surface area contributed by atoms with Crippen LogP contribution in [0.3, 0.4) is 0 Å². The Hall–Kier alpha value is -0.940. The maximum absolute atomic E-state index is 4.44. The maximum Gasteiger partial charge on any atom is 0.203 e. The van der Waals surface area contributed by atoms with Gasteiger partial charge in [0.1, 0.15) is 0 Å². The van der Waals surface area contributed by atoms with Gasteiger partial charge in [-0.15, -0.1) is 11.3 Å². The zero-order chi connectivity index (χ0) is 9.38. The largest absolute Gasteiger partial charge is 0.358 e. The first-order chi connectivity index (χ1) is 6.92. The minimum Gasteiger partial charge on any atom is -0.358 e. The minimum atomic E-state index is 0.652. The number of rotatable bonds is 3. The third kappa shape index (κ3) is 1.65. The van der Waals surface area contributed by atoms with Crippen molar-refractivity contribution in [3.63, 3.8) is 0 Å². The van der Waals surface area contributed by atoms with Crippen molar-refractivity contribution < 1.29 is 0 Å². The summed E-state index contributed by atoms with van der Waals surface area (Å²) in [6.45, 7) is 0. The Bertz CT molecular complexity index is 417. The summed E-state index contributed by atoms with van der Waals surface area (Å²) in [4.78, 5) is 5.58. The molecule has 2 aromatic rings. The van der Waals surface area contributed by atoms with Gasteiger partial charge in [0.2, 0.25) is 5.13 Å². The molecular formula is C9H9N3S2. The van der Waals surface area contributed by atoms with Crippen molar-refractivity contribution in [1.29, 1.82) is 0 Å². The molecule has 1 fully saturated rings. The van der Waals surface area contributed by atoms with Crippen LogP contribution in [0.4, 0.5) is 5.13 Å². The topological polar surface area (TPSA) is 37.8 Å². The van der Waals surface area contributed by atoms with E-state index in [0.717, 1.165) is 15.8 Å². The molecule has 0 bridgehead atoms. The summed E-state index contributed by atoms with van der Waals surface area (Å²) in [5, 5.41) is 6.35. The van der Waals surface area contributed by atoms with Crippen LogP contribution >= 0.6 is 22.9 Å². The molecule has 0 unspecified atom stereocenters. The lowest BCUT2D eigenvalue weighted by molar-refractivity contribution is 1.14. The molecule has 0 spiro atoms. The van der Waals surface area contributed by atoms with E-state index in [-0.39, 0.29) is 0 Å². The van der Waals surface area contributed by atoms with Crippen molar-refractivity contribution in [2.45, 2.75) is 18.9 Å². The number of nitrogens with one attached hydrogen (secondary N) is 1. The highest BCUT2D eigenvalue weighted by Crippen LogP contribution is 2.29. The lowest BCUT2D eigenvalue weighted by atomic mass is 10.4. The van der Waals surface area contributed by atoms with Crippen LogP contribution in [-0.2, 0) is 0 Å². The molecule has 5 heteroatoms. The van der Waals surface area contributed by atoms with E-state index >= 15 is 0 Å². The Balaban J connectivity index is 1.82. The fourth-order valence-electron chi connectivity index (χ4n) is 1.19. The summed E-state index contributed by atoms with van der Waals surface area (Å²) >= 11 is 3.13. The van der Waals surface area contributed by atoms with Crippen molar-refractivity contribution >= 4 is 28.0 Å². The Morgan fingerprint density at radius 2 is 2.36 bits per heavy atom. The van der Waals surface area contributed by atoms with Crippen molar-refractivity contribution in [1.82, 2.24) is 9.36 Å². The van der Waals surface area contributed by atoms with Gasteiger partial charge in [0.05, 0.1) is 4.88 Å². The fraction of sp³-hybridized carbons (Fsp3) is 0.333. The number of anilines is 1. The molecule has 0 aromatic carbocycles. The first-order valence-corrected chi connectivity index (χ1v) is 6.21. The van der Waals surface area contributed by atoms with E-state index in [1.807, 2.05) is 17.5 Å². The molecule has 3 nitrogen and oxygen atoms in total. The quantitative estimate of drug-likeness (QED) is 0.869. The summed E-state index contributed by atoms with van der Waals surface area (Å²) in [6.07, 6.45) is 2.54. The predicted octanol–water partition coefficient (Wildman–Crippen LogP) is 2.84. The van der Waals surface area contributed by atoms with Crippen LogP contribution in [0.5, 0.6) is 0 Å². The smallest absolute Gasteiger partial charge is 0.203 e. The molecule has 0 radical (unpaired) electrons. The van der Waals surface area contributed by atoms with Crippen molar-refractivity contribution in [3.8, 4) is 10.7 Å². The maximum atomic E-state index is 4.44. The second-order valence-electron chi connectivity index (χ2n) is 3.32. The predicted molar refractivity (Wildman–Crippen MR) is 59.9 cm³/mol. The first-order valence-electron chi connectivity index (χ1n) is 4.56.